The van der Waals surface area contributed by atoms with Gasteiger partial charge < -0.3 is 14.6 Å². The number of nitrogens with zero attached hydrogens (tertiary/aromatic N) is 3. The molecule has 2 aromatic heterocycles. The fourth-order valence-corrected chi connectivity index (χ4v) is 2.63. The average molecular weight is 332 g/mol. The van der Waals surface area contributed by atoms with Crippen molar-refractivity contribution < 1.29 is 9.26 Å². The Kier molecular flexibility index (Phi) is 3.78. The van der Waals surface area contributed by atoms with Gasteiger partial charge in [0.2, 0.25) is 0 Å². The third kappa shape index (κ3) is 2.89. The number of hydrogen-bond acceptors (Lipinski definition) is 6. The highest BCUT2D eigenvalue weighted by atomic mass is 16.5. The molecule has 0 atom stereocenters. The van der Waals surface area contributed by atoms with Crippen molar-refractivity contribution in [3.8, 4) is 17.0 Å². The summed E-state index contributed by atoms with van der Waals surface area (Å²) in [7, 11) is 1.64. The van der Waals surface area contributed by atoms with Gasteiger partial charge in [-0.2, -0.15) is 4.98 Å². The molecule has 2 heterocycles. The van der Waals surface area contributed by atoms with Crippen LogP contribution in [0.2, 0.25) is 0 Å². The lowest BCUT2D eigenvalue weighted by molar-refractivity contribution is 0.415. The van der Waals surface area contributed by atoms with E-state index in [1.54, 1.807) is 7.11 Å². The Hall–Kier alpha value is -3.41. The number of methoxy groups -OCH3 is 1. The number of fused-ring (bicyclic) bond motifs is 1. The number of aromatic nitrogens is 3. The topological polar surface area (TPSA) is 73.1 Å². The van der Waals surface area contributed by atoms with Crippen LogP contribution in [0, 0.1) is 6.92 Å². The summed E-state index contributed by atoms with van der Waals surface area (Å²) < 4.78 is 10.7. The summed E-state index contributed by atoms with van der Waals surface area (Å²) in [6.07, 6.45) is 1.45. The summed E-state index contributed by atoms with van der Waals surface area (Å²) in [5.41, 5.74) is 4.14. The predicted octanol–water partition coefficient (Wildman–Crippen LogP) is 4.35. The van der Waals surface area contributed by atoms with Crippen LogP contribution in [0.4, 0.5) is 11.5 Å². The number of anilines is 2. The predicted molar refractivity (Wildman–Crippen MR) is 96.0 cm³/mol. The van der Waals surface area contributed by atoms with Gasteiger partial charge in [-0.1, -0.05) is 41.1 Å². The zero-order chi connectivity index (χ0) is 17.2. The van der Waals surface area contributed by atoms with E-state index < -0.39 is 0 Å². The van der Waals surface area contributed by atoms with Crippen molar-refractivity contribution in [2.75, 3.05) is 12.4 Å². The molecule has 4 aromatic rings. The van der Waals surface area contributed by atoms with E-state index in [9.17, 15) is 0 Å². The number of rotatable bonds is 4. The highest BCUT2D eigenvalue weighted by molar-refractivity contribution is 5.98. The summed E-state index contributed by atoms with van der Waals surface area (Å²) in [5, 5.41) is 8.23. The molecule has 0 bridgehead atoms. The lowest BCUT2D eigenvalue weighted by Gasteiger charge is -2.08. The molecule has 0 unspecified atom stereocenters. The smallest absolute Gasteiger partial charge is 0.263 e. The van der Waals surface area contributed by atoms with Crippen LogP contribution in [0.25, 0.3) is 22.4 Å². The fraction of sp³-hybridized carbons (Fsp3) is 0.105. The number of ether oxygens (including phenoxy) is 1. The van der Waals surface area contributed by atoms with Crippen LogP contribution in [-0.2, 0) is 0 Å². The Labute approximate surface area is 144 Å². The van der Waals surface area contributed by atoms with Crippen LogP contribution in [-0.4, -0.2) is 22.2 Å². The molecule has 2 aromatic carbocycles. The second-order valence-electron chi connectivity index (χ2n) is 5.66. The van der Waals surface area contributed by atoms with Gasteiger partial charge in [-0.25, -0.2) is 4.98 Å². The van der Waals surface area contributed by atoms with Crippen LogP contribution in [0.5, 0.6) is 5.75 Å². The second-order valence-corrected chi connectivity index (χ2v) is 5.66. The van der Waals surface area contributed by atoms with Gasteiger partial charge in [0.25, 0.3) is 5.71 Å². The van der Waals surface area contributed by atoms with Gasteiger partial charge in [0.05, 0.1) is 7.11 Å². The van der Waals surface area contributed by atoms with Gasteiger partial charge in [-0.3, -0.25) is 0 Å². The van der Waals surface area contributed by atoms with Crippen LogP contribution in [0.15, 0.2) is 59.4 Å². The minimum Gasteiger partial charge on any atom is -0.497 e. The number of hydrogen-bond donors (Lipinski definition) is 1. The molecular formula is C19H16N4O2. The monoisotopic (exact) mass is 332 g/mol. The molecule has 0 radical (unpaired) electrons. The maximum Gasteiger partial charge on any atom is 0.263 e. The normalized spacial score (nSPS) is 10.8. The molecule has 0 aliphatic rings. The SMILES string of the molecule is COc1cccc(Nc2ncnc3onc(-c4ccc(C)cc4)c23)c1. The Morgan fingerprint density at radius 2 is 1.88 bits per heavy atom. The molecule has 0 saturated heterocycles. The van der Waals surface area contributed by atoms with Crippen molar-refractivity contribution in [2.45, 2.75) is 6.92 Å². The van der Waals surface area contributed by atoms with Gasteiger partial charge in [0.15, 0.2) is 0 Å². The van der Waals surface area contributed by atoms with E-state index in [1.165, 1.54) is 11.9 Å². The Balaban J connectivity index is 1.81. The Morgan fingerprint density at radius 3 is 2.68 bits per heavy atom. The van der Waals surface area contributed by atoms with Gasteiger partial charge >= 0.3 is 0 Å². The highest BCUT2D eigenvalue weighted by Crippen LogP contribution is 2.33. The minimum absolute atomic E-state index is 0.441. The molecule has 0 amide bonds. The first-order valence-electron chi connectivity index (χ1n) is 7.83. The van der Waals surface area contributed by atoms with E-state index in [-0.39, 0.29) is 0 Å². The average Bonchev–Trinajstić information content (AvgIpc) is 3.08. The van der Waals surface area contributed by atoms with Gasteiger partial charge in [0.1, 0.15) is 29.0 Å². The van der Waals surface area contributed by atoms with Crippen molar-refractivity contribution in [1.29, 1.82) is 0 Å². The molecule has 1 N–H and O–H groups in total. The van der Waals surface area contributed by atoms with E-state index in [0.717, 1.165) is 22.4 Å². The van der Waals surface area contributed by atoms with E-state index in [0.29, 0.717) is 17.2 Å². The molecule has 25 heavy (non-hydrogen) atoms. The van der Waals surface area contributed by atoms with Crippen molar-refractivity contribution in [3.05, 3.63) is 60.4 Å². The van der Waals surface area contributed by atoms with E-state index in [4.69, 9.17) is 9.26 Å². The highest BCUT2D eigenvalue weighted by Gasteiger charge is 2.17. The van der Waals surface area contributed by atoms with Crippen LogP contribution < -0.4 is 10.1 Å². The molecule has 0 aliphatic carbocycles. The Morgan fingerprint density at radius 1 is 1.04 bits per heavy atom. The van der Waals surface area contributed by atoms with Gasteiger partial charge in [-0.05, 0) is 19.1 Å². The maximum atomic E-state index is 5.39. The number of aryl methyl sites for hydroxylation is 1. The minimum atomic E-state index is 0.441. The van der Waals surface area contributed by atoms with Crippen molar-refractivity contribution in [2.24, 2.45) is 0 Å². The summed E-state index contributed by atoms with van der Waals surface area (Å²) in [5.74, 6) is 1.40. The maximum absolute atomic E-state index is 5.39. The molecule has 0 spiro atoms. The fourth-order valence-electron chi connectivity index (χ4n) is 2.63. The third-order valence-electron chi connectivity index (χ3n) is 3.93. The van der Waals surface area contributed by atoms with Gasteiger partial charge in [-0.15, -0.1) is 0 Å². The largest absolute Gasteiger partial charge is 0.497 e. The summed E-state index contributed by atoms with van der Waals surface area (Å²) in [6.45, 7) is 2.05. The summed E-state index contributed by atoms with van der Waals surface area (Å²) >= 11 is 0. The standard InChI is InChI=1S/C19H16N4O2/c1-12-6-8-13(9-7-12)17-16-18(20-11-21-19(16)25-23-17)22-14-4-3-5-15(10-14)24-2/h3-11H,1-2H3,(H,20,21,22). The van der Waals surface area contributed by atoms with E-state index in [1.807, 2.05) is 55.5 Å². The van der Waals surface area contributed by atoms with Crippen molar-refractivity contribution in [1.82, 2.24) is 15.1 Å². The molecule has 0 aliphatic heterocycles. The second kappa shape index (κ2) is 6.24. The van der Waals surface area contributed by atoms with E-state index >= 15 is 0 Å². The molecule has 0 saturated carbocycles. The summed E-state index contributed by atoms with van der Waals surface area (Å²) in [4.78, 5) is 8.55. The molecule has 124 valence electrons. The lowest BCUT2D eigenvalue weighted by atomic mass is 10.1. The third-order valence-corrected chi connectivity index (χ3v) is 3.93. The van der Waals surface area contributed by atoms with Crippen LogP contribution in [0.1, 0.15) is 5.56 Å². The van der Waals surface area contributed by atoms with Crippen LogP contribution in [0.3, 0.4) is 0 Å². The first-order chi connectivity index (χ1) is 12.2. The first-order valence-corrected chi connectivity index (χ1v) is 7.83. The summed E-state index contributed by atoms with van der Waals surface area (Å²) in [6, 6.07) is 15.7. The number of nitrogens with one attached hydrogen (secondary N) is 1. The number of benzene rings is 2. The van der Waals surface area contributed by atoms with Gasteiger partial charge in [0, 0.05) is 17.3 Å². The molecule has 6 heteroatoms. The zero-order valence-corrected chi connectivity index (χ0v) is 13.9. The molecule has 6 nitrogen and oxygen atoms in total. The molecule has 4 rings (SSSR count). The van der Waals surface area contributed by atoms with Crippen molar-refractivity contribution in [3.63, 3.8) is 0 Å². The zero-order valence-electron chi connectivity index (χ0n) is 13.9. The van der Waals surface area contributed by atoms with Crippen LogP contribution >= 0.6 is 0 Å². The Bertz CT molecular complexity index is 1030. The van der Waals surface area contributed by atoms with Crippen molar-refractivity contribution >= 4 is 22.6 Å². The quantitative estimate of drug-likeness (QED) is 0.599. The lowest BCUT2D eigenvalue weighted by Crippen LogP contribution is -1.96. The first kappa shape index (κ1) is 15.1. The molecular weight excluding hydrogens is 316 g/mol. The van der Waals surface area contributed by atoms with E-state index in [2.05, 4.69) is 20.4 Å². The molecule has 0 fully saturated rings.